The van der Waals surface area contributed by atoms with E-state index in [0.29, 0.717) is 5.75 Å². The van der Waals surface area contributed by atoms with Crippen LogP contribution in [0.25, 0.3) is 5.69 Å². The molecule has 0 radical (unpaired) electrons. The third-order valence-corrected chi connectivity index (χ3v) is 3.97. The van der Waals surface area contributed by atoms with Gasteiger partial charge in [-0.15, -0.1) is 0 Å². The van der Waals surface area contributed by atoms with Gasteiger partial charge in [0.15, 0.2) is 0 Å². The van der Waals surface area contributed by atoms with E-state index in [9.17, 15) is 5.11 Å². The van der Waals surface area contributed by atoms with E-state index < -0.39 is 0 Å². The lowest BCUT2D eigenvalue weighted by Crippen LogP contribution is -2.37. The Kier molecular flexibility index (Phi) is 4.58. The average Bonchev–Trinajstić information content (AvgIpc) is 2.98. The maximum atomic E-state index is 9.38. The first-order valence-corrected chi connectivity index (χ1v) is 7.59. The fourth-order valence-corrected chi connectivity index (χ4v) is 2.79. The Morgan fingerprint density at radius 3 is 2.57 bits per heavy atom. The molecular weight excluding hydrogens is 264 g/mol. The Morgan fingerprint density at radius 1 is 1.05 bits per heavy atom. The number of phenols is 1. The summed E-state index contributed by atoms with van der Waals surface area (Å²) in [6.45, 7) is 4.97. The molecule has 0 bridgehead atoms. The number of hydrogen-bond acceptors (Lipinski definition) is 3. The van der Waals surface area contributed by atoms with Crippen molar-refractivity contribution in [2.45, 2.75) is 12.8 Å². The first kappa shape index (κ1) is 14.2. The topological polar surface area (TPSA) is 37.6 Å². The quantitative estimate of drug-likeness (QED) is 0.917. The van der Waals surface area contributed by atoms with Crippen molar-refractivity contribution in [1.29, 1.82) is 0 Å². The first-order chi connectivity index (χ1) is 10.3. The second kappa shape index (κ2) is 6.78. The van der Waals surface area contributed by atoms with E-state index in [2.05, 4.69) is 27.8 Å². The molecular formula is C17H22N2O2. The average molecular weight is 286 g/mol. The summed E-state index contributed by atoms with van der Waals surface area (Å²) in [7, 11) is 0. The van der Waals surface area contributed by atoms with Gasteiger partial charge in [-0.25, -0.2) is 0 Å². The smallest absolute Gasteiger partial charge is 0.115 e. The zero-order valence-electron chi connectivity index (χ0n) is 12.2. The molecule has 1 aromatic carbocycles. The van der Waals surface area contributed by atoms with Crippen LogP contribution >= 0.6 is 0 Å². The highest BCUT2D eigenvalue weighted by Crippen LogP contribution is 2.17. The lowest BCUT2D eigenvalue weighted by molar-refractivity contribution is 0.0374. The number of aromatic nitrogens is 1. The Labute approximate surface area is 125 Å². The van der Waals surface area contributed by atoms with Gasteiger partial charge < -0.3 is 14.4 Å². The van der Waals surface area contributed by atoms with Crippen molar-refractivity contribution in [1.82, 2.24) is 9.47 Å². The predicted octanol–water partition coefficient (Wildman–Crippen LogP) is 2.45. The van der Waals surface area contributed by atoms with Crippen molar-refractivity contribution >= 4 is 0 Å². The summed E-state index contributed by atoms with van der Waals surface area (Å²) in [6, 6.07) is 11.6. The van der Waals surface area contributed by atoms with Gasteiger partial charge >= 0.3 is 0 Å². The molecule has 0 saturated carbocycles. The van der Waals surface area contributed by atoms with Gasteiger partial charge in [-0.05, 0) is 55.8 Å². The van der Waals surface area contributed by atoms with Gasteiger partial charge in [0.05, 0.1) is 13.2 Å². The van der Waals surface area contributed by atoms with Crippen LogP contribution in [0.4, 0.5) is 0 Å². The Balaban J connectivity index is 1.59. The molecule has 1 aromatic heterocycles. The highest BCUT2D eigenvalue weighted by molar-refractivity contribution is 5.39. The van der Waals surface area contributed by atoms with E-state index in [4.69, 9.17) is 4.74 Å². The molecule has 0 amide bonds. The van der Waals surface area contributed by atoms with E-state index in [1.165, 1.54) is 5.69 Å². The molecule has 1 saturated heterocycles. The fourth-order valence-electron chi connectivity index (χ4n) is 2.79. The number of morpholine rings is 1. The van der Waals surface area contributed by atoms with Crippen molar-refractivity contribution in [3.63, 3.8) is 0 Å². The van der Waals surface area contributed by atoms with Crippen LogP contribution in [0, 0.1) is 0 Å². The van der Waals surface area contributed by atoms with Gasteiger partial charge in [0.2, 0.25) is 0 Å². The van der Waals surface area contributed by atoms with Crippen LogP contribution in [0.15, 0.2) is 42.6 Å². The summed E-state index contributed by atoms with van der Waals surface area (Å²) in [4.78, 5) is 2.47. The molecule has 3 rings (SSSR count). The zero-order chi connectivity index (χ0) is 14.5. The molecule has 0 atom stereocenters. The number of hydrogen-bond donors (Lipinski definition) is 1. The van der Waals surface area contributed by atoms with E-state index in [1.54, 1.807) is 12.1 Å². The minimum atomic E-state index is 0.305. The number of aryl methyl sites for hydroxylation is 1. The summed E-state index contributed by atoms with van der Waals surface area (Å²) in [6.07, 6.45) is 4.30. The largest absolute Gasteiger partial charge is 0.508 e. The van der Waals surface area contributed by atoms with Crippen molar-refractivity contribution < 1.29 is 9.84 Å². The van der Waals surface area contributed by atoms with Gasteiger partial charge in [-0.2, -0.15) is 0 Å². The highest BCUT2D eigenvalue weighted by Gasteiger charge is 2.10. The molecule has 2 aromatic rings. The molecule has 1 aliphatic rings. The van der Waals surface area contributed by atoms with Crippen LogP contribution in [-0.4, -0.2) is 47.4 Å². The van der Waals surface area contributed by atoms with Crippen LogP contribution in [-0.2, 0) is 11.2 Å². The van der Waals surface area contributed by atoms with Gasteiger partial charge in [0.25, 0.3) is 0 Å². The van der Waals surface area contributed by atoms with Crippen LogP contribution in [0.5, 0.6) is 5.75 Å². The van der Waals surface area contributed by atoms with Crippen LogP contribution in [0.3, 0.4) is 0 Å². The summed E-state index contributed by atoms with van der Waals surface area (Å²) in [5.41, 5.74) is 2.41. The zero-order valence-corrected chi connectivity index (χ0v) is 12.2. The normalized spacial score (nSPS) is 16.2. The molecule has 4 nitrogen and oxygen atoms in total. The molecule has 21 heavy (non-hydrogen) atoms. The van der Waals surface area contributed by atoms with Gasteiger partial charge in [-0.1, -0.05) is 0 Å². The van der Waals surface area contributed by atoms with Crippen molar-refractivity contribution in [2.75, 3.05) is 32.8 Å². The number of phenolic OH excluding ortho intramolecular Hbond substituents is 1. The van der Waals surface area contributed by atoms with E-state index in [1.807, 2.05) is 12.1 Å². The molecule has 0 unspecified atom stereocenters. The summed E-state index contributed by atoms with van der Waals surface area (Å²) >= 11 is 0. The second-order valence-corrected chi connectivity index (χ2v) is 5.44. The summed E-state index contributed by atoms with van der Waals surface area (Å²) in [5.74, 6) is 0.305. The molecule has 0 spiro atoms. The third-order valence-electron chi connectivity index (χ3n) is 3.97. The van der Waals surface area contributed by atoms with Crippen molar-refractivity contribution in [2.24, 2.45) is 0 Å². The van der Waals surface area contributed by atoms with Crippen molar-refractivity contribution in [3.05, 3.63) is 48.3 Å². The number of aromatic hydroxyl groups is 1. The Bertz CT molecular complexity index is 556. The molecule has 4 heteroatoms. The molecule has 1 fully saturated rings. The standard InChI is InChI=1S/C17H22N2O2/c20-17-7-5-16(6-8-17)19-10-2-4-15(19)3-1-9-18-11-13-21-14-12-18/h2,4-8,10,20H,1,3,9,11-14H2. The SMILES string of the molecule is Oc1ccc(-n2cccc2CCCN2CCOCC2)cc1. The number of nitrogens with zero attached hydrogens (tertiary/aromatic N) is 2. The lowest BCUT2D eigenvalue weighted by atomic mass is 10.2. The third kappa shape index (κ3) is 3.65. The van der Waals surface area contributed by atoms with Gasteiger partial charge in [0, 0.05) is 30.7 Å². The maximum absolute atomic E-state index is 9.38. The van der Waals surface area contributed by atoms with Crippen LogP contribution < -0.4 is 0 Å². The fraction of sp³-hybridized carbons (Fsp3) is 0.412. The number of ether oxygens (including phenoxy) is 1. The number of rotatable bonds is 5. The van der Waals surface area contributed by atoms with Crippen LogP contribution in [0.1, 0.15) is 12.1 Å². The first-order valence-electron chi connectivity index (χ1n) is 7.59. The Hall–Kier alpha value is -1.78. The van der Waals surface area contributed by atoms with Gasteiger partial charge in [-0.3, -0.25) is 4.90 Å². The van der Waals surface area contributed by atoms with E-state index in [-0.39, 0.29) is 0 Å². The van der Waals surface area contributed by atoms with Gasteiger partial charge in [0.1, 0.15) is 5.75 Å². The Morgan fingerprint density at radius 2 is 1.81 bits per heavy atom. The van der Waals surface area contributed by atoms with Crippen molar-refractivity contribution in [3.8, 4) is 11.4 Å². The second-order valence-electron chi connectivity index (χ2n) is 5.44. The molecule has 1 aliphatic heterocycles. The highest BCUT2D eigenvalue weighted by atomic mass is 16.5. The van der Waals surface area contributed by atoms with Crippen LogP contribution in [0.2, 0.25) is 0 Å². The predicted molar refractivity (Wildman–Crippen MR) is 83.0 cm³/mol. The van der Waals surface area contributed by atoms with E-state index in [0.717, 1.165) is 51.4 Å². The lowest BCUT2D eigenvalue weighted by Gasteiger charge is -2.26. The number of benzene rings is 1. The minimum Gasteiger partial charge on any atom is -0.508 e. The monoisotopic (exact) mass is 286 g/mol. The molecule has 2 heterocycles. The molecule has 1 N–H and O–H groups in total. The van der Waals surface area contributed by atoms with E-state index >= 15 is 0 Å². The molecule has 112 valence electrons. The summed E-state index contributed by atoms with van der Waals surface area (Å²) in [5, 5.41) is 9.38. The summed E-state index contributed by atoms with van der Waals surface area (Å²) < 4.78 is 7.57. The minimum absolute atomic E-state index is 0.305. The molecule has 0 aliphatic carbocycles. The maximum Gasteiger partial charge on any atom is 0.115 e.